The van der Waals surface area contributed by atoms with E-state index in [0.717, 1.165) is 24.6 Å². The molecule has 0 saturated carbocycles. The lowest BCUT2D eigenvalue weighted by Gasteiger charge is -2.20. The van der Waals surface area contributed by atoms with Crippen LogP contribution in [0.5, 0.6) is 0 Å². The van der Waals surface area contributed by atoms with Crippen LogP contribution in [0.4, 0.5) is 23.0 Å². The van der Waals surface area contributed by atoms with Crippen LogP contribution in [-0.2, 0) is 11.3 Å². The Labute approximate surface area is 191 Å². The van der Waals surface area contributed by atoms with E-state index in [1.165, 1.54) is 4.57 Å². The predicted octanol–water partition coefficient (Wildman–Crippen LogP) is 3.92. The number of nitrogens with zero attached hydrogens (tertiary/aromatic N) is 4. The van der Waals surface area contributed by atoms with Gasteiger partial charge in [-0.25, -0.2) is 14.8 Å². The molecule has 9 heteroatoms. The lowest BCUT2D eigenvalue weighted by molar-refractivity contribution is -0.116. The van der Waals surface area contributed by atoms with Gasteiger partial charge in [-0.2, -0.15) is 0 Å². The van der Waals surface area contributed by atoms with E-state index in [0.29, 0.717) is 28.4 Å². The van der Waals surface area contributed by atoms with Gasteiger partial charge >= 0.3 is 5.76 Å². The van der Waals surface area contributed by atoms with Crippen LogP contribution in [0.2, 0.25) is 0 Å². The number of hydrogen-bond donors (Lipinski definition) is 2. The van der Waals surface area contributed by atoms with Crippen LogP contribution < -0.4 is 21.3 Å². The fourth-order valence-corrected chi connectivity index (χ4v) is 3.62. The Hall–Kier alpha value is -4.14. The maximum Gasteiger partial charge on any atom is 0.420 e. The van der Waals surface area contributed by atoms with Crippen molar-refractivity contribution in [1.29, 1.82) is 0 Å². The highest BCUT2D eigenvalue weighted by atomic mass is 16.4. The first-order chi connectivity index (χ1) is 16.0. The molecule has 0 aliphatic carbocycles. The summed E-state index contributed by atoms with van der Waals surface area (Å²) in [6.45, 7) is 7.64. The number of hydrogen-bond acceptors (Lipinski definition) is 7. The summed E-state index contributed by atoms with van der Waals surface area (Å²) in [5.41, 5.74) is 2.49. The summed E-state index contributed by atoms with van der Waals surface area (Å²) in [5.74, 6) is 1.39. The molecule has 0 aliphatic heterocycles. The van der Waals surface area contributed by atoms with Gasteiger partial charge in [0.05, 0.1) is 5.52 Å². The van der Waals surface area contributed by atoms with Gasteiger partial charge in [-0.15, -0.1) is 0 Å². The Morgan fingerprint density at radius 3 is 2.45 bits per heavy atom. The maximum absolute atomic E-state index is 12.5. The SMILES string of the molecule is CCN(CC)c1cc(Nc2ccc(NC(=O)Cn3c(=O)oc4ccccc43)cc2)nc(C)n1. The third-order valence-corrected chi connectivity index (χ3v) is 5.23. The average molecular weight is 447 g/mol. The number of aryl methyl sites for hydroxylation is 1. The van der Waals surface area contributed by atoms with Gasteiger partial charge in [-0.3, -0.25) is 9.36 Å². The van der Waals surface area contributed by atoms with Crippen molar-refractivity contribution in [2.45, 2.75) is 27.3 Å². The summed E-state index contributed by atoms with van der Waals surface area (Å²) in [6.07, 6.45) is 0. The number of carbonyl (C=O) groups excluding carboxylic acids is 1. The lowest BCUT2D eigenvalue weighted by Crippen LogP contribution is -2.24. The highest BCUT2D eigenvalue weighted by Crippen LogP contribution is 2.21. The molecule has 2 heterocycles. The van der Waals surface area contributed by atoms with E-state index in [9.17, 15) is 9.59 Å². The Morgan fingerprint density at radius 1 is 1.03 bits per heavy atom. The van der Waals surface area contributed by atoms with Crippen molar-refractivity contribution < 1.29 is 9.21 Å². The zero-order chi connectivity index (χ0) is 23.4. The second-order valence-electron chi connectivity index (χ2n) is 7.50. The van der Waals surface area contributed by atoms with Gasteiger partial charge in [0, 0.05) is 30.5 Å². The van der Waals surface area contributed by atoms with Crippen LogP contribution in [-0.4, -0.2) is 33.5 Å². The van der Waals surface area contributed by atoms with E-state index in [-0.39, 0.29) is 12.5 Å². The summed E-state index contributed by atoms with van der Waals surface area (Å²) >= 11 is 0. The summed E-state index contributed by atoms with van der Waals surface area (Å²) in [4.78, 5) is 35.7. The summed E-state index contributed by atoms with van der Waals surface area (Å²) in [5, 5.41) is 6.10. The molecule has 1 amide bonds. The molecule has 2 N–H and O–H groups in total. The van der Waals surface area contributed by atoms with Gasteiger partial charge in [0.1, 0.15) is 24.0 Å². The molecule has 9 nitrogen and oxygen atoms in total. The number of fused-ring (bicyclic) bond motifs is 1. The zero-order valence-corrected chi connectivity index (χ0v) is 18.8. The first-order valence-electron chi connectivity index (χ1n) is 10.8. The minimum Gasteiger partial charge on any atom is -0.408 e. The Kier molecular flexibility index (Phi) is 6.39. The second-order valence-corrected chi connectivity index (χ2v) is 7.50. The van der Waals surface area contributed by atoms with Gasteiger partial charge in [0.25, 0.3) is 0 Å². The molecule has 0 bridgehead atoms. The van der Waals surface area contributed by atoms with Crippen LogP contribution in [0.15, 0.2) is 63.8 Å². The molecule has 4 aromatic rings. The van der Waals surface area contributed by atoms with Crippen molar-refractivity contribution in [3.05, 3.63) is 71.0 Å². The number of amides is 1. The van der Waals surface area contributed by atoms with Gasteiger partial charge in [0.15, 0.2) is 5.58 Å². The van der Waals surface area contributed by atoms with Gasteiger partial charge in [0.2, 0.25) is 5.91 Å². The Bertz CT molecular complexity index is 1320. The fraction of sp³-hybridized carbons (Fsp3) is 0.250. The average Bonchev–Trinajstić information content (AvgIpc) is 3.10. The van der Waals surface area contributed by atoms with Crippen molar-refractivity contribution >= 4 is 40.0 Å². The van der Waals surface area contributed by atoms with E-state index >= 15 is 0 Å². The van der Waals surface area contributed by atoms with Crippen LogP contribution in [0, 0.1) is 6.92 Å². The van der Waals surface area contributed by atoms with Crippen LogP contribution >= 0.6 is 0 Å². The molecule has 0 unspecified atom stereocenters. The number of benzene rings is 2. The standard InChI is InChI=1S/C24H26N6O3/c1-4-29(5-2)22-14-21(25-16(3)26-22)27-17-10-12-18(13-11-17)28-23(31)15-30-19-8-6-7-9-20(19)33-24(30)32/h6-14H,4-5,15H2,1-3H3,(H,28,31)(H,25,26,27). The number of nitrogens with one attached hydrogen (secondary N) is 2. The Morgan fingerprint density at radius 2 is 1.73 bits per heavy atom. The smallest absolute Gasteiger partial charge is 0.408 e. The quantitative estimate of drug-likeness (QED) is 0.423. The normalized spacial score (nSPS) is 10.9. The minimum absolute atomic E-state index is 0.135. The molecule has 4 rings (SSSR count). The number of rotatable bonds is 8. The van der Waals surface area contributed by atoms with Crippen molar-refractivity contribution in [1.82, 2.24) is 14.5 Å². The van der Waals surface area contributed by atoms with Crippen LogP contribution in [0.1, 0.15) is 19.7 Å². The van der Waals surface area contributed by atoms with Crippen molar-refractivity contribution in [2.75, 3.05) is 28.6 Å². The van der Waals surface area contributed by atoms with Crippen LogP contribution in [0.3, 0.4) is 0 Å². The summed E-state index contributed by atoms with van der Waals surface area (Å²) in [7, 11) is 0. The highest BCUT2D eigenvalue weighted by Gasteiger charge is 2.13. The van der Waals surface area contributed by atoms with E-state index in [2.05, 4.69) is 39.3 Å². The molecule has 0 aliphatic rings. The van der Waals surface area contributed by atoms with Crippen LogP contribution in [0.25, 0.3) is 11.1 Å². The highest BCUT2D eigenvalue weighted by molar-refractivity contribution is 5.91. The number of aromatic nitrogens is 3. The van der Waals surface area contributed by atoms with E-state index in [4.69, 9.17) is 4.42 Å². The molecular weight excluding hydrogens is 420 g/mol. The minimum atomic E-state index is -0.560. The number of para-hydroxylation sites is 2. The summed E-state index contributed by atoms with van der Waals surface area (Å²) < 4.78 is 6.48. The molecule has 0 spiro atoms. The largest absolute Gasteiger partial charge is 0.420 e. The molecular formula is C24H26N6O3. The molecule has 0 radical (unpaired) electrons. The fourth-order valence-electron chi connectivity index (χ4n) is 3.62. The molecule has 0 fully saturated rings. The molecule has 33 heavy (non-hydrogen) atoms. The van der Waals surface area contributed by atoms with E-state index in [1.54, 1.807) is 36.4 Å². The number of carbonyl (C=O) groups is 1. The lowest BCUT2D eigenvalue weighted by atomic mass is 10.2. The van der Waals surface area contributed by atoms with Crippen molar-refractivity contribution in [3.8, 4) is 0 Å². The molecule has 0 atom stereocenters. The third-order valence-electron chi connectivity index (χ3n) is 5.23. The maximum atomic E-state index is 12.5. The first kappa shape index (κ1) is 22.1. The summed E-state index contributed by atoms with van der Waals surface area (Å²) in [6, 6.07) is 16.2. The van der Waals surface area contributed by atoms with Crippen molar-refractivity contribution in [2.24, 2.45) is 0 Å². The number of anilines is 4. The first-order valence-corrected chi connectivity index (χ1v) is 10.8. The van der Waals surface area contributed by atoms with E-state index < -0.39 is 5.76 Å². The van der Waals surface area contributed by atoms with Gasteiger partial charge < -0.3 is 20.0 Å². The Balaban J connectivity index is 1.43. The second kappa shape index (κ2) is 9.56. The van der Waals surface area contributed by atoms with Crippen molar-refractivity contribution in [3.63, 3.8) is 0 Å². The molecule has 2 aromatic heterocycles. The molecule has 170 valence electrons. The van der Waals surface area contributed by atoms with Gasteiger partial charge in [-0.05, 0) is 57.2 Å². The molecule has 2 aromatic carbocycles. The monoisotopic (exact) mass is 446 g/mol. The van der Waals surface area contributed by atoms with Gasteiger partial charge in [-0.1, -0.05) is 12.1 Å². The third kappa shape index (κ3) is 5.03. The molecule has 0 saturated heterocycles. The van der Waals surface area contributed by atoms with E-state index in [1.807, 2.05) is 25.1 Å². The zero-order valence-electron chi connectivity index (χ0n) is 18.8. The topological polar surface area (TPSA) is 105 Å². The predicted molar refractivity (Wildman–Crippen MR) is 129 cm³/mol. The number of oxazole rings is 1.